The van der Waals surface area contributed by atoms with Crippen molar-refractivity contribution in [3.05, 3.63) is 59.5 Å². The van der Waals surface area contributed by atoms with Gasteiger partial charge in [0, 0.05) is 27.0 Å². The molecule has 7 heteroatoms. The Morgan fingerprint density at radius 3 is 2.74 bits per heavy atom. The van der Waals surface area contributed by atoms with Gasteiger partial charge in [-0.05, 0) is 28.1 Å². The van der Waals surface area contributed by atoms with E-state index < -0.39 is 5.97 Å². The Bertz CT molecular complexity index is 1150. The maximum Gasteiger partial charge on any atom is 0.330 e. The highest BCUT2D eigenvalue weighted by Crippen LogP contribution is 2.41. The highest BCUT2D eigenvalue weighted by molar-refractivity contribution is 7.17. The highest BCUT2D eigenvalue weighted by atomic mass is 32.1. The van der Waals surface area contributed by atoms with Crippen molar-refractivity contribution in [2.24, 2.45) is 7.05 Å². The lowest BCUT2D eigenvalue weighted by Gasteiger charge is -2.06. The quantitative estimate of drug-likeness (QED) is 0.398. The zero-order valence-corrected chi connectivity index (χ0v) is 15.6. The minimum absolute atomic E-state index is 0.394. The van der Waals surface area contributed by atoms with E-state index in [1.165, 1.54) is 18.0 Å². The summed E-state index contributed by atoms with van der Waals surface area (Å²) in [5, 5.41) is 14.8. The molecule has 27 heavy (non-hydrogen) atoms. The van der Waals surface area contributed by atoms with Gasteiger partial charge in [0.1, 0.15) is 0 Å². The molecule has 0 saturated heterocycles. The fraction of sp³-hybridized carbons (Fsp3) is 0.100. The summed E-state index contributed by atoms with van der Waals surface area (Å²) in [5.41, 5.74) is 1.98. The lowest BCUT2D eigenvalue weighted by Crippen LogP contribution is -1.92. The number of benzene rings is 2. The third-order valence-electron chi connectivity index (χ3n) is 4.12. The molecule has 0 radical (unpaired) electrons. The molecule has 0 aliphatic heterocycles. The van der Waals surface area contributed by atoms with Crippen molar-refractivity contribution in [1.82, 2.24) is 20.2 Å². The predicted octanol–water partition coefficient (Wildman–Crippen LogP) is 3.95. The van der Waals surface area contributed by atoms with E-state index in [0.29, 0.717) is 5.82 Å². The minimum Gasteiger partial charge on any atom is -0.466 e. The summed E-state index contributed by atoms with van der Waals surface area (Å²) in [6, 6.07) is 16.4. The standard InChI is InChI=1S/C20H16N4O2S/c1-24-22-20(21-23-24)17-12-14(10-11-18(25)26-2)27-19(17)16-9-5-7-13-6-3-4-8-15(13)16/h3-12H,1-2H3/b11-10+. The molecule has 0 fully saturated rings. The minimum atomic E-state index is -0.394. The number of aryl methyl sites for hydroxylation is 1. The average Bonchev–Trinajstić information content (AvgIpc) is 3.31. The first-order valence-corrected chi connectivity index (χ1v) is 9.10. The summed E-state index contributed by atoms with van der Waals surface area (Å²) < 4.78 is 4.68. The van der Waals surface area contributed by atoms with Crippen molar-refractivity contribution in [3.63, 3.8) is 0 Å². The zero-order valence-electron chi connectivity index (χ0n) is 14.8. The zero-order chi connectivity index (χ0) is 18.8. The second-order valence-electron chi connectivity index (χ2n) is 5.88. The number of aromatic nitrogens is 4. The normalized spacial score (nSPS) is 11.3. The van der Waals surface area contributed by atoms with Gasteiger partial charge in [-0.2, -0.15) is 4.80 Å². The fourth-order valence-electron chi connectivity index (χ4n) is 2.89. The largest absolute Gasteiger partial charge is 0.466 e. The number of carbonyl (C=O) groups is 1. The molecule has 0 amide bonds. The van der Waals surface area contributed by atoms with Crippen LogP contribution in [-0.2, 0) is 16.6 Å². The van der Waals surface area contributed by atoms with Gasteiger partial charge < -0.3 is 4.74 Å². The highest BCUT2D eigenvalue weighted by Gasteiger charge is 2.17. The maximum atomic E-state index is 11.5. The lowest BCUT2D eigenvalue weighted by atomic mass is 10.0. The van der Waals surface area contributed by atoms with Crippen LogP contribution in [0.3, 0.4) is 0 Å². The van der Waals surface area contributed by atoms with Gasteiger partial charge in [-0.1, -0.05) is 42.5 Å². The summed E-state index contributed by atoms with van der Waals surface area (Å²) >= 11 is 1.57. The monoisotopic (exact) mass is 376 g/mol. The molecule has 6 nitrogen and oxygen atoms in total. The number of fused-ring (bicyclic) bond motifs is 1. The summed E-state index contributed by atoms with van der Waals surface area (Å²) in [4.78, 5) is 14.8. The molecule has 4 rings (SSSR count). The number of hydrogen-bond donors (Lipinski definition) is 0. The van der Waals surface area contributed by atoms with Crippen molar-refractivity contribution in [2.75, 3.05) is 7.11 Å². The van der Waals surface area contributed by atoms with Gasteiger partial charge in [-0.3, -0.25) is 0 Å². The second-order valence-corrected chi connectivity index (χ2v) is 6.96. The van der Waals surface area contributed by atoms with Crippen molar-refractivity contribution in [2.45, 2.75) is 0 Å². The van der Waals surface area contributed by atoms with Gasteiger partial charge in [0.25, 0.3) is 0 Å². The van der Waals surface area contributed by atoms with Gasteiger partial charge >= 0.3 is 5.97 Å². The van der Waals surface area contributed by atoms with E-state index in [1.54, 1.807) is 24.5 Å². The van der Waals surface area contributed by atoms with E-state index in [1.807, 2.05) is 24.3 Å². The maximum absolute atomic E-state index is 11.5. The molecule has 0 aliphatic rings. The first kappa shape index (κ1) is 17.1. The number of tetrazole rings is 1. The van der Waals surface area contributed by atoms with Crippen LogP contribution in [-0.4, -0.2) is 33.3 Å². The first-order valence-electron chi connectivity index (χ1n) is 8.28. The van der Waals surface area contributed by atoms with Crippen LogP contribution < -0.4 is 0 Å². The van der Waals surface area contributed by atoms with Gasteiger partial charge in [-0.15, -0.1) is 21.5 Å². The average molecular weight is 376 g/mol. The van der Waals surface area contributed by atoms with Crippen LogP contribution in [0.15, 0.2) is 54.6 Å². The Hall–Kier alpha value is -3.32. The van der Waals surface area contributed by atoms with Gasteiger partial charge in [0.2, 0.25) is 5.82 Å². The van der Waals surface area contributed by atoms with Crippen molar-refractivity contribution in [1.29, 1.82) is 0 Å². The van der Waals surface area contributed by atoms with Crippen LogP contribution in [0, 0.1) is 0 Å². The smallest absolute Gasteiger partial charge is 0.330 e. The number of carbonyl (C=O) groups excluding carboxylic acids is 1. The van der Waals surface area contributed by atoms with Crippen LogP contribution >= 0.6 is 11.3 Å². The molecule has 4 aromatic rings. The topological polar surface area (TPSA) is 69.9 Å². The van der Waals surface area contributed by atoms with E-state index in [2.05, 4.69) is 44.4 Å². The number of nitrogens with zero attached hydrogens (tertiary/aromatic N) is 4. The SMILES string of the molecule is COC(=O)/C=C/c1cc(-c2nnn(C)n2)c(-c2cccc3ccccc23)s1. The number of rotatable bonds is 4. The molecule has 0 saturated carbocycles. The van der Waals surface area contributed by atoms with E-state index in [4.69, 9.17) is 0 Å². The Labute approximate surface area is 159 Å². The summed E-state index contributed by atoms with van der Waals surface area (Å²) in [5.74, 6) is 0.156. The Morgan fingerprint density at radius 2 is 1.96 bits per heavy atom. The molecule has 134 valence electrons. The lowest BCUT2D eigenvalue weighted by molar-refractivity contribution is -0.134. The molecule has 0 atom stereocenters. The number of ether oxygens (including phenoxy) is 1. The number of esters is 1. The molecular formula is C20H16N4O2S. The third kappa shape index (κ3) is 3.37. The molecule has 2 heterocycles. The van der Waals surface area contributed by atoms with E-state index >= 15 is 0 Å². The van der Waals surface area contributed by atoms with Crippen molar-refractivity contribution < 1.29 is 9.53 Å². The second kappa shape index (κ2) is 7.13. The van der Waals surface area contributed by atoms with Crippen LogP contribution in [0.4, 0.5) is 0 Å². The number of hydrogen-bond acceptors (Lipinski definition) is 6. The molecule has 0 N–H and O–H groups in total. The van der Waals surface area contributed by atoms with Gasteiger partial charge in [-0.25, -0.2) is 4.79 Å². The van der Waals surface area contributed by atoms with Crippen LogP contribution in [0.5, 0.6) is 0 Å². The molecular weight excluding hydrogens is 360 g/mol. The molecule has 0 bridgehead atoms. The fourth-order valence-corrected chi connectivity index (χ4v) is 3.99. The summed E-state index contributed by atoms with van der Waals surface area (Å²) in [7, 11) is 3.09. The Morgan fingerprint density at radius 1 is 1.15 bits per heavy atom. The number of methoxy groups -OCH3 is 1. The van der Waals surface area contributed by atoms with Gasteiger partial charge in [0.05, 0.1) is 14.2 Å². The number of thiophene rings is 1. The molecule has 2 aromatic heterocycles. The van der Waals surface area contributed by atoms with E-state index in [-0.39, 0.29) is 0 Å². The van der Waals surface area contributed by atoms with Crippen molar-refractivity contribution >= 4 is 34.2 Å². The van der Waals surface area contributed by atoms with E-state index in [9.17, 15) is 4.79 Å². The van der Waals surface area contributed by atoms with E-state index in [0.717, 1.165) is 31.7 Å². The van der Waals surface area contributed by atoms with Crippen LogP contribution in [0.2, 0.25) is 0 Å². The molecule has 0 unspecified atom stereocenters. The Balaban J connectivity index is 1.91. The molecule has 2 aromatic carbocycles. The molecule has 0 spiro atoms. The molecule has 0 aliphatic carbocycles. The summed E-state index contributed by atoms with van der Waals surface area (Å²) in [6.07, 6.45) is 3.15. The van der Waals surface area contributed by atoms with Crippen LogP contribution in [0.1, 0.15) is 4.88 Å². The predicted molar refractivity (Wildman–Crippen MR) is 106 cm³/mol. The van der Waals surface area contributed by atoms with Crippen LogP contribution in [0.25, 0.3) is 38.7 Å². The summed E-state index contributed by atoms with van der Waals surface area (Å²) in [6.45, 7) is 0. The Kier molecular flexibility index (Phi) is 4.52. The van der Waals surface area contributed by atoms with Gasteiger partial charge in [0.15, 0.2) is 0 Å². The third-order valence-corrected chi connectivity index (χ3v) is 5.25. The first-order chi connectivity index (χ1) is 13.2. The van der Waals surface area contributed by atoms with Crippen molar-refractivity contribution in [3.8, 4) is 21.8 Å².